The van der Waals surface area contributed by atoms with Crippen LogP contribution in [0.15, 0.2) is 174 Å². The second-order valence-corrected chi connectivity index (χ2v) is 13.2. The number of benzene rings is 8. The van der Waals surface area contributed by atoms with Gasteiger partial charge in [0.2, 0.25) is 0 Å². The van der Waals surface area contributed by atoms with E-state index in [0.717, 1.165) is 45.4 Å². The molecule has 0 fully saturated rings. The fraction of sp³-hybridized carbons (Fsp3) is 0.0833. The number of fused-ring (bicyclic) bond motifs is 6. The van der Waals surface area contributed by atoms with E-state index >= 15 is 0 Å². The quantitative estimate of drug-likeness (QED) is 0.153. The molecule has 0 spiro atoms. The van der Waals surface area contributed by atoms with Crippen LogP contribution in [0.5, 0.6) is 0 Å². The van der Waals surface area contributed by atoms with Crippen molar-refractivity contribution in [3.63, 3.8) is 0 Å². The normalized spacial score (nSPS) is 11.5. The summed E-state index contributed by atoms with van der Waals surface area (Å²) >= 11 is 0. The Balaban J connectivity index is 1.20. The average Bonchev–Trinajstić information content (AvgIpc) is 3.55. The Labute approximate surface area is 292 Å². The number of aryl methyl sites for hydroxylation is 1. The Morgan fingerprint density at radius 2 is 1.08 bits per heavy atom. The zero-order valence-corrected chi connectivity index (χ0v) is 28.1. The molecule has 0 N–H and O–H groups in total. The van der Waals surface area contributed by atoms with Crippen molar-refractivity contribution in [2.24, 2.45) is 0 Å². The molecule has 240 valence electrons. The number of hydrogen-bond acceptors (Lipinski definition) is 2. The van der Waals surface area contributed by atoms with E-state index in [1.165, 1.54) is 62.2 Å². The van der Waals surface area contributed by atoms with Crippen LogP contribution in [-0.2, 0) is 6.42 Å². The summed E-state index contributed by atoms with van der Waals surface area (Å²) in [6.07, 6.45) is 3.44. The lowest BCUT2D eigenvalue weighted by Gasteiger charge is -2.26. The fourth-order valence-electron chi connectivity index (χ4n) is 7.47. The number of unbranched alkanes of at least 4 members (excludes halogenated alkanes) is 1. The van der Waals surface area contributed by atoms with E-state index in [-0.39, 0.29) is 0 Å². The fourth-order valence-corrected chi connectivity index (χ4v) is 7.47. The summed E-state index contributed by atoms with van der Waals surface area (Å²) in [7, 11) is 0. The Kier molecular flexibility index (Phi) is 7.63. The van der Waals surface area contributed by atoms with E-state index in [2.05, 4.69) is 182 Å². The molecule has 9 aromatic rings. The average molecular weight is 644 g/mol. The van der Waals surface area contributed by atoms with Gasteiger partial charge in [-0.2, -0.15) is 0 Å². The second kappa shape index (κ2) is 12.7. The molecule has 9 rings (SSSR count). The molecule has 0 atom stereocenters. The van der Waals surface area contributed by atoms with Crippen molar-refractivity contribution >= 4 is 60.5 Å². The van der Waals surface area contributed by atoms with Crippen LogP contribution in [0.25, 0.3) is 65.7 Å². The lowest BCUT2D eigenvalue weighted by molar-refractivity contribution is 0.667. The Morgan fingerprint density at radius 1 is 0.440 bits per heavy atom. The highest BCUT2D eigenvalue weighted by Crippen LogP contribution is 2.42. The highest BCUT2D eigenvalue weighted by Gasteiger charge is 2.18. The van der Waals surface area contributed by atoms with Gasteiger partial charge in [-0.25, -0.2) is 0 Å². The molecule has 0 aliphatic heterocycles. The maximum absolute atomic E-state index is 6.57. The van der Waals surface area contributed by atoms with Crippen LogP contribution in [0.3, 0.4) is 0 Å². The molecule has 2 heteroatoms. The molecule has 0 amide bonds. The van der Waals surface area contributed by atoms with Gasteiger partial charge >= 0.3 is 0 Å². The maximum atomic E-state index is 6.57. The largest absolute Gasteiger partial charge is 0.456 e. The van der Waals surface area contributed by atoms with Crippen LogP contribution < -0.4 is 4.90 Å². The first-order valence-corrected chi connectivity index (χ1v) is 17.7. The minimum Gasteiger partial charge on any atom is -0.456 e. The molecular formula is C48H37NO. The number of furan rings is 1. The van der Waals surface area contributed by atoms with Gasteiger partial charge in [-0.05, 0) is 111 Å². The zero-order chi connectivity index (χ0) is 33.4. The Bertz CT molecular complexity index is 2630. The van der Waals surface area contributed by atoms with E-state index in [1.54, 1.807) is 0 Å². The third-order valence-electron chi connectivity index (χ3n) is 10.0. The lowest BCUT2D eigenvalue weighted by atomic mass is 9.93. The van der Waals surface area contributed by atoms with Gasteiger partial charge in [0, 0.05) is 33.9 Å². The topological polar surface area (TPSA) is 16.4 Å². The molecule has 8 aromatic carbocycles. The third-order valence-corrected chi connectivity index (χ3v) is 10.0. The predicted molar refractivity (Wildman–Crippen MR) is 213 cm³/mol. The van der Waals surface area contributed by atoms with Crippen molar-refractivity contribution in [2.45, 2.75) is 26.2 Å². The lowest BCUT2D eigenvalue weighted by Crippen LogP contribution is -2.10. The molecule has 0 bridgehead atoms. The van der Waals surface area contributed by atoms with Crippen LogP contribution in [0.1, 0.15) is 25.3 Å². The van der Waals surface area contributed by atoms with Crippen molar-refractivity contribution in [3.8, 4) is 22.3 Å². The number of rotatable bonds is 8. The van der Waals surface area contributed by atoms with Crippen LogP contribution in [-0.4, -0.2) is 0 Å². The summed E-state index contributed by atoms with van der Waals surface area (Å²) in [6, 6.07) is 61.5. The monoisotopic (exact) mass is 643 g/mol. The zero-order valence-electron chi connectivity index (χ0n) is 28.1. The smallest absolute Gasteiger partial charge is 0.137 e. The molecule has 0 radical (unpaired) electrons. The molecule has 50 heavy (non-hydrogen) atoms. The minimum atomic E-state index is 0.896. The van der Waals surface area contributed by atoms with Crippen molar-refractivity contribution in [3.05, 3.63) is 175 Å². The number of hydrogen-bond donors (Lipinski definition) is 0. The molecule has 0 aliphatic rings. The van der Waals surface area contributed by atoms with Crippen LogP contribution in [0.2, 0.25) is 0 Å². The van der Waals surface area contributed by atoms with Gasteiger partial charge in [-0.1, -0.05) is 129 Å². The van der Waals surface area contributed by atoms with E-state index < -0.39 is 0 Å². The number of anilines is 3. The molecule has 0 saturated carbocycles. The van der Waals surface area contributed by atoms with Gasteiger partial charge in [0.05, 0.1) is 0 Å². The summed E-state index contributed by atoms with van der Waals surface area (Å²) in [4.78, 5) is 2.35. The molecule has 0 saturated heterocycles. The van der Waals surface area contributed by atoms with Crippen molar-refractivity contribution < 1.29 is 4.42 Å². The van der Waals surface area contributed by atoms with Crippen molar-refractivity contribution in [1.82, 2.24) is 0 Å². The van der Waals surface area contributed by atoms with Crippen LogP contribution in [0.4, 0.5) is 17.1 Å². The Hall–Kier alpha value is -6.12. The first-order chi connectivity index (χ1) is 24.7. The summed E-state index contributed by atoms with van der Waals surface area (Å²) in [5.41, 5.74) is 11.2. The number of nitrogens with zero attached hydrogens (tertiary/aromatic N) is 1. The van der Waals surface area contributed by atoms with Gasteiger partial charge in [0.1, 0.15) is 11.2 Å². The van der Waals surface area contributed by atoms with E-state index in [0.29, 0.717) is 0 Å². The third kappa shape index (κ3) is 5.40. The van der Waals surface area contributed by atoms with E-state index in [4.69, 9.17) is 4.42 Å². The van der Waals surface area contributed by atoms with Crippen molar-refractivity contribution in [1.29, 1.82) is 0 Å². The SMILES string of the molecule is CCCCc1ccc2c(c1)oc1cc(N(c3ccc(-c4ccccc4)cc3)c3cccc(-c4cc5ccccc5c5ccccc45)c3)ccc12. The predicted octanol–water partition coefficient (Wildman–Crippen LogP) is 14.0. The summed E-state index contributed by atoms with van der Waals surface area (Å²) in [6.45, 7) is 2.24. The van der Waals surface area contributed by atoms with Gasteiger partial charge < -0.3 is 9.32 Å². The Morgan fingerprint density at radius 3 is 1.90 bits per heavy atom. The molecular weight excluding hydrogens is 607 g/mol. The first kappa shape index (κ1) is 30.0. The van der Waals surface area contributed by atoms with E-state index in [9.17, 15) is 0 Å². The van der Waals surface area contributed by atoms with Gasteiger partial charge in [0.25, 0.3) is 0 Å². The van der Waals surface area contributed by atoms with Crippen LogP contribution in [0, 0.1) is 0 Å². The second-order valence-electron chi connectivity index (χ2n) is 13.2. The molecule has 0 unspecified atom stereocenters. The maximum Gasteiger partial charge on any atom is 0.137 e. The molecule has 0 aliphatic carbocycles. The van der Waals surface area contributed by atoms with Gasteiger partial charge in [-0.3, -0.25) is 0 Å². The highest BCUT2D eigenvalue weighted by molar-refractivity contribution is 6.14. The highest BCUT2D eigenvalue weighted by atomic mass is 16.3. The molecule has 2 nitrogen and oxygen atoms in total. The van der Waals surface area contributed by atoms with E-state index in [1.807, 2.05) is 0 Å². The standard InChI is InChI=1S/C48H37NO/c1-2-3-12-33-21-27-44-45-28-26-40(32-48(45)50-47(44)29-33)49(38-24-22-35(23-25-38)34-13-5-4-6-14-34)39-17-11-16-36(30-39)46-31-37-15-7-8-18-41(37)42-19-9-10-20-43(42)46/h4-11,13-32H,2-3,12H2,1H3. The first-order valence-electron chi connectivity index (χ1n) is 17.7. The minimum absolute atomic E-state index is 0.896. The van der Waals surface area contributed by atoms with Crippen LogP contribution >= 0.6 is 0 Å². The summed E-state index contributed by atoms with van der Waals surface area (Å²) in [5, 5.41) is 7.35. The van der Waals surface area contributed by atoms with Gasteiger partial charge in [-0.15, -0.1) is 0 Å². The molecule has 1 heterocycles. The van der Waals surface area contributed by atoms with Gasteiger partial charge in [0.15, 0.2) is 0 Å². The molecule has 1 aromatic heterocycles. The summed E-state index contributed by atoms with van der Waals surface area (Å²) < 4.78 is 6.57. The summed E-state index contributed by atoms with van der Waals surface area (Å²) in [5.74, 6) is 0. The van der Waals surface area contributed by atoms with Crippen molar-refractivity contribution in [2.75, 3.05) is 4.90 Å².